The number of esters is 1. The zero-order valence-corrected chi connectivity index (χ0v) is 18.0. The lowest BCUT2D eigenvalue weighted by atomic mass is 10.2. The molecule has 6 nitrogen and oxygen atoms in total. The summed E-state index contributed by atoms with van der Waals surface area (Å²) in [6.45, 7) is 2.89. The number of carbonyl (C=O) groups excluding carboxylic acids is 2. The van der Waals surface area contributed by atoms with Gasteiger partial charge in [0.05, 0.1) is 20.1 Å². The molecule has 0 aliphatic heterocycles. The minimum atomic E-state index is -0.361. The molecule has 0 fully saturated rings. The van der Waals surface area contributed by atoms with Crippen LogP contribution in [0.2, 0.25) is 0 Å². The van der Waals surface area contributed by atoms with Crippen LogP contribution in [0.3, 0.4) is 0 Å². The number of hydrogen-bond acceptors (Lipinski definition) is 5. The molecular weight excluding hydrogens is 400 g/mol. The molecule has 0 unspecified atom stereocenters. The fraction of sp³-hybridized carbons (Fsp3) is 0.261. The molecule has 0 saturated heterocycles. The fourth-order valence-corrected chi connectivity index (χ4v) is 2.97. The van der Waals surface area contributed by atoms with Gasteiger partial charge in [0, 0.05) is 24.7 Å². The molecular formula is C23H26N2O4S. The Kier molecular flexibility index (Phi) is 9.54. The molecule has 0 saturated carbocycles. The third-order valence-corrected chi connectivity index (χ3v) is 4.54. The number of thiocarbonyl (C=S) groups is 1. The van der Waals surface area contributed by atoms with Gasteiger partial charge in [-0.15, -0.1) is 0 Å². The number of nitrogens with zero attached hydrogens (tertiary/aromatic N) is 1. The molecule has 0 bridgehead atoms. The lowest BCUT2D eigenvalue weighted by Crippen LogP contribution is -2.42. The van der Waals surface area contributed by atoms with Gasteiger partial charge in [0.2, 0.25) is 5.91 Å². The maximum absolute atomic E-state index is 12.4. The molecule has 2 aromatic carbocycles. The first-order valence-corrected chi connectivity index (χ1v) is 10.0. The molecule has 1 N–H and O–H groups in total. The van der Waals surface area contributed by atoms with Gasteiger partial charge in [-0.25, -0.2) is 0 Å². The van der Waals surface area contributed by atoms with Gasteiger partial charge in [0.15, 0.2) is 5.11 Å². The Morgan fingerprint density at radius 3 is 2.50 bits per heavy atom. The molecule has 0 spiro atoms. The smallest absolute Gasteiger partial charge is 0.307 e. The molecule has 30 heavy (non-hydrogen) atoms. The van der Waals surface area contributed by atoms with Gasteiger partial charge < -0.3 is 14.4 Å². The van der Waals surface area contributed by atoms with Crippen molar-refractivity contribution in [1.82, 2.24) is 10.2 Å². The van der Waals surface area contributed by atoms with Crippen molar-refractivity contribution < 1.29 is 19.1 Å². The van der Waals surface area contributed by atoms with Gasteiger partial charge in [-0.2, -0.15) is 0 Å². The van der Waals surface area contributed by atoms with Crippen molar-refractivity contribution in [3.63, 3.8) is 0 Å². The zero-order valence-electron chi connectivity index (χ0n) is 17.2. The summed E-state index contributed by atoms with van der Waals surface area (Å²) in [7, 11) is 1.58. The van der Waals surface area contributed by atoms with Crippen LogP contribution in [0.4, 0.5) is 0 Å². The van der Waals surface area contributed by atoms with E-state index in [1.54, 1.807) is 25.0 Å². The van der Waals surface area contributed by atoms with E-state index < -0.39 is 0 Å². The van der Waals surface area contributed by atoms with Crippen LogP contribution in [0.15, 0.2) is 60.7 Å². The highest BCUT2D eigenvalue weighted by Crippen LogP contribution is 2.18. The number of nitrogens with one attached hydrogen (secondary N) is 1. The molecule has 0 aromatic heterocycles. The number of ether oxygens (including phenoxy) is 2. The highest BCUT2D eigenvalue weighted by molar-refractivity contribution is 7.80. The Bertz CT molecular complexity index is 884. The SMILES string of the molecule is CCOC(=O)CCN(Cc1ccccc1)C(=S)NC(=O)/C=C/c1ccccc1OC. The number of hydrogen-bond donors (Lipinski definition) is 1. The largest absolute Gasteiger partial charge is 0.496 e. The van der Waals surface area contributed by atoms with E-state index in [-0.39, 0.29) is 23.4 Å². The van der Waals surface area contributed by atoms with Gasteiger partial charge in [-0.3, -0.25) is 14.9 Å². The van der Waals surface area contributed by atoms with Crippen molar-refractivity contribution in [1.29, 1.82) is 0 Å². The summed E-state index contributed by atoms with van der Waals surface area (Å²) in [5.74, 6) is 0.00475. The van der Waals surface area contributed by atoms with Gasteiger partial charge in [-0.1, -0.05) is 48.5 Å². The molecule has 0 aliphatic carbocycles. The molecule has 0 aliphatic rings. The summed E-state index contributed by atoms with van der Waals surface area (Å²) in [4.78, 5) is 25.9. The van der Waals surface area contributed by atoms with Crippen LogP contribution in [0.1, 0.15) is 24.5 Å². The maximum atomic E-state index is 12.4. The van der Waals surface area contributed by atoms with Gasteiger partial charge >= 0.3 is 5.97 Å². The topological polar surface area (TPSA) is 67.9 Å². The van der Waals surface area contributed by atoms with Crippen LogP contribution in [0, 0.1) is 0 Å². The highest BCUT2D eigenvalue weighted by atomic mass is 32.1. The van der Waals surface area contributed by atoms with E-state index in [1.807, 2.05) is 54.6 Å². The summed E-state index contributed by atoms with van der Waals surface area (Å²) in [6.07, 6.45) is 3.24. The number of rotatable bonds is 9. The van der Waals surface area contributed by atoms with Gasteiger partial charge in [-0.05, 0) is 36.8 Å². The Labute approximate surface area is 182 Å². The zero-order chi connectivity index (χ0) is 21.8. The molecule has 2 aromatic rings. The van der Waals surface area contributed by atoms with Crippen LogP contribution in [-0.2, 0) is 20.9 Å². The number of methoxy groups -OCH3 is 1. The van der Waals surface area contributed by atoms with E-state index in [9.17, 15) is 9.59 Å². The fourth-order valence-electron chi connectivity index (χ4n) is 2.71. The number of carbonyl (C=O) groups is 2. The second-order valence-electron chi connectivity index (χ2n) is 6.33. The number of para-hydroxylation sites is 1. The standard InChI is InChI=1S/C23H26N2O4S/c1-3-29-22(27)15-16-25(17-18-9-5-4-6-10-18)23(30)24-21(26)14-13-19-11-7-8-12-20(19)28-2/h4-14H,3,15-17H2,1-2H3,(H,24,26,30)/b14-13+. The lowest BCUT2D eigenvalue weighted by molar-refractivity contribution is -0.143. The van der Waals surface area contributed by atoms with Crippen molar-refractivity contribution in [2.75, 3.05) is 20.3 Å². The number of benzene rings is 2. The van der Waals surface area contributed by atoms with Crippen LogP contribution in [-0.4, -0.2) is 42.2 Å². The minimum Gasteiger partial charge on any atom is -0.496 e. The highest BCUT2D eigenvalue weighted by Gasteiger charge is 2.14. The Morgan fingerprint density at radius 1 is 1.10 bits per heavy atom. The molecule has 0 radical (unpaired) electrons. The average Bonchev–Trinajstić information content (AvgIpc) is 2.76. The van der Waals surface area contributed by atoms with Gasteiger partial charge in [0.1, 0.15) is 5.75 Å². The van der Waals surface area contributed by atoms with Crippen LogP contribution >= 0.6 is 12.2 Å². The van der Waals surface area contributed by atoms with E-state index in [0.717, 1.165) is 11.1 Å². The first kappa shape index (κ1) is 23.1. The van der Waals surface area contributed by atoms with Crippen molar-refractivity contribution in [3.05, 3.63) is 71.8 Å². The quantitative estimate of drug-likeness (QED) is 0.376. The molecule has 7 heteroatoms. The van der Waals surface area contributed by atoms with Crippen molar-refractivity contribution in [3.8, 4) is 5.75 Å². The van der Waals surface area contributed by atoms with E-state index >= 15 is 0 Å². The van der Waals surface area contributed by atoms with Crippen molar-refractivity contribution in [2.24, 2.45) is 0 Å². The summed E-state index contributed by atoms with van der Waals surface area (Å²) in [5.41, 5.74) is 1.80. The maximum Gasteiger partial charge on any atom is 0.307 e. The predicted octanol–water partition coefficient (Wildman–Crippen LogP) is 3.56. The predicted molar refractivity (Wildman–Crippen MR) is 121 cm³/mol. The van der Waals surface area contributed by atoms with E-state index in [0.29, 0.717) is 25.4 Å². The molecule has 2 rings (SSSR count). The van der Waals surface area contributed by atoms with Crippen LogP contribution in [0.25, 0.3) is 6.08 Å². The second kappa shape index (κ2) is 12.4. The third-order valence-electron chi connectivity index (χ3n) is 4.18. The summed E-state index contributed by atoms with van der Waals surface area (Å²) < 4.78 is 10.3. The van der Waals surface area contributed by atoms with Crippen molar-refractivity contribution >= 4 is 35.3 Å². The minimum absolute atomic E-state index is 0.174. The van der Waals surface area contributed by atoms with Gasteiger partial charge in [0.25, 0.3) is 0 Å². The van der Waals surface area contributed by atoms with E-state index in [1.165, 1.54) is 6.08 Å². The molecule has 158 valence electrons. The molecule has 0 atom stereocenters. The first-order valence-electron chi connectivity index (χ1n) is 9.64. The van der Waals surface area contributed by atoms with Crippen LogP contribution in [0.5, 0.6) is 5.75 Å². The average molecular weight is 427 g/mol. The van der Waals surface area contributed by atoms with Crippen molar-refractivity contribution in [2.45, 2.75) is 19.9 Å². The lowest BCUT2D eigenvalue weighted by Gasteiger charge is -2.25. The normalized spacial score (nSPS) is 10.5. The Morgan fingerprint density at radius 2 is 1.80 bits per heavy atom. The van der Waals surface area contributed by atoms with E-state index in [2.05, 4.69) is 5.32 Å². The van der Waals surface area contributed by atoms with Crippen LogP contribution < -0.4 is 10.1 Å². The summed E-state index contributed by atoms with van der Waals surface area (Å²) in [5, 5.41) is 2.95. The first-order chi connectivity index (χ1) is 14.5. The summed E-state index contributed by atoms with van der Waals surface area (Å²) in [6, 6.07) is 17.1. The number of amides is 1. The van der Waals surface area contributed by atoms with E-state index in [4.69, 9.17) is 21.7 Å². The molecule has 1 amide bonds. The Hall–Kier alpha value is -3.19. The second-order valence-corrected chi connectivity index (χ2v) is 6.72. The monoisotopic (exact) mass is 426 g/mol. The summed E-state index contributed by atoms with van der Waals surface area (Å²) >= 11 is 5.43. The third kappa shape index (κ3) is 7.67. The molecule has 0 heterocycles. The Balaban J connectivity index is 2.03.